The number of nitrogens with one attached hydrogen (secondary N) is 1. The minimum atomic E-state index is -0.938. The molecule has 1 atom stereocenters. The third kappa shape index (κ3) is 6.76. The number of benzene rings is 1. The Morgan fingerprint density at radius 2 is 2.00 bits per heavy atom. The largest absolute Gasteiger partial charge is 0.351 e. The monoisotopic (exact) mass is 349 g/mol. The van der Waals surface area contributed by atoms with Crippen molar-refractivity contribution in [3.05, 3.63) is 42.0 Å². The van der Waals surface area contributed by atoms with Gasteiger partial charge in [0.2, 0.25) is 0 Å². The average molecular weight is 350 g/mol. The van der Waals surface area contributed by atoms with Crippen LogP contribution in [0.2, 0.25) is 0 Å². The highest BCUT2D eigenvalue weighted by Gasteiger charge is 2.09. The Hall–Kier alpha value is -1.79. The van der Waals surface area contributed by atoms with E-state index in [0.29, 0.717) is 24.6 Å². The summed E-state index contributed by atoms with van der Waals surface area (Å²) >= 11 is 0. The second kappa shape index (κ2) is 10.9. The molecule has 0 fully saturated rings. The molecule has 5 nitrogen and oxygen atoms in total. The van der Waals surface area contributed by atoms with Gasteiger partial charge in [-0.25, -0.2) is 8.51 Å². The van der Waals surface area contributed by atoms with Crippen LogP contribution in [-0.2, 0) is 15.8 Å². The first-order chi connectivity index (χ1) is 11.5. The number of allylic oxidation sites excluding steroid dienone is 1. The zero-order valence-corrected chi connectivity index (χ0v) is 15.7. The molecule has 6 heteroatoms. The summed E-state index contributed by atoms with van der Waals surface area (Å²) in [6.07, 6.45) is 2.54. The number of aliphatic imine (C=N–C) groups is 1. The Balaban J connectivity index is 2.52. The van der Waals surface area contributed by atoms with E-state index in [0.717, 1.165) is 17.6 Å². The first-order valence-electron chi connectivity index (χ1n) is 8.07. The lowest BCUT2D eigenvalue weighted by atomic mass is 10.1. The van der Waals surface area contributed by atoms with Crippen LogP contribution in [-0.4, -0.2) is 53.1 Å². The molecule has 0 aliphatic rings. The van der Waals surface area contributed by atoms with E-state index >= 15 is 0 Å². The number of carbonyl (C=O) groups is 1. The van der Waals surface area contributed by atoms with Crippen LogP contribution in [0, 0.1) is 0 Å². The minimum absolute atomic E-state index is 0.188. The fourth-order valence-corrected chi connectivity index (χ4v) is 2.91. The molecule has 1 aromatic rings. The van der Waals surface area contributed by atoms with Crippen molar-refractivity contribution >= 4 is 28.2 Å². The van der Waals surface area contributed by atoms with Crippen LogP contribution in [0.1, 0.15) is 25.8 Å². The Kier molecular flexibility index (Phi) is 9.19. The van der Waals surface area contributed by atoms with Gasteiger partial charge in [0, 0.05) is 25.9 Å². The maximum Gasteiger partial charge on any atom is 0.269 e. The molecule has 0 spiro atoms. The third-order valence-corrected chi connectivity index (χ3v) is 4.96. The molecule has 1 rings (SSSR count). The van der Waals surface area contributed by atoms with E-state index in [9.17, 15) is 9.00 Å². The van der Waals surface area contributed by atoms with Crippen LogP contribution in [0.25, 0.3) is 5.57 Å². The molecule has 1 N–H and O–H groups in total. The van der Waals surface area contributed by atoms with E-state index < -0.39 is 11.0 Å². The Morgan fingerprint density at radius 3 is 2.58 bits per heavy atom. The summed E-state index contributed by atoms with van der Waals surface area (Å²) in [6, 6.07) is 9.89. The lowest BCUT2D eigenvalue weighted by Gasteiger charge is -2.14. The predicted molar refractivity (Wildman–Crippen MR) is 102 cm³/mol. The van der Waals surface area contributed by atoms with Gasteiger partial charge < -0.3 is 5.32 Å². The molecule has 1 aromatic carbocycles. The molecule has 0 saturated heterocycles. The van der Waals surface area contributed by atoms with Crippen LogP contribution < -0.4 is 5.32 Å². The average Bonchev–Trinajstić information content (AvgIpc) is 2.62. The van der Waals surface area contributed by atoms with Crippen LogP contribution in [0.3, 0.4) is 0 Å². The van der Waals surface area contributed by atoms with Gasteiger partial charge in [-0.2, -0.15) is 0 Å². The second-order valence-electron chi connectivity index (χ2n) is 5.37. The normalized spacial score (nSPS) is 13.9. The SMILES string of the molecule is CCS(=O)N(C)CCCNC(=O)C(/C=C(\C)c1ccccc1)=NC. The van der Waals surface area contributed by atoms with Crippen molar-refractivity contribution in [1.82, 2.24) is 9.62 Å². The first-order valence-corrected chi connectivity index (χ1v) is 9.35. The number of hydrogen-bond donors (Lipinski definition) is 1. The molecule has 132 valence electrons. The Morgan fingerprint density at radius 1 is 1.33 bits per heavy atom. The fraction of sp³-hybridized carbons (Fsp3) is 0.444. The summed E-state index contributed by atoms with van der Waals surface area (Å²) in [6.45, 7) is 5.06. The van der Waals surface area contributed by atoms with E-state index in [-0.39, 0.29) is 5.91 Å². The number of hydrogen-bond acceptors (Lipinski definition) is 3. The van der Waals surface area contributed by atoms with E-state index in [1.807, 2.05) is 51.2 Å². The molecule has 0 saturated carbocycles. The van der Waals surface area contributed by atoms with Crippen LogP contribution in [0.15, 0.2) is 41.4 Å². The zero-order valence-electron chi connectivity index (χ0n) is 14.9. The quantitative estimate of drug-likeness (QED) is 0.549. The van der Waals surface area contributed by atoms with Crippen molar-refractivity contribution in [3.63, 3.8) is 0 Å². The summed E-state index contributed by atoms with van der Waals surface area (Å²) in [5.74, 6) is 0.422. The Bertz CT molecular complexity index is 612. The minimum Gasteiger partial charge on any atom is -0.351 e. The van der Waals surface area contributed by atoms with Gasteiger partial charge in [0.1, 0.15) is 5.71 Å². The van der Waals surface area contributed by atoms with E-state index in [4.69, 9.17) is 0 Å². The number of nitrogens with zero attached hydrogens (tertiary/aromatic N) is 2. The molecule has 1 amide bonds. The van der Waals surface area contributed by atoms with E-state index in [2.05, 4.69) is 10.3 Å². The highest BCUT2D eigenvalue weighted by atomic mass is 32.2. The maximum atomic E-state index is 12.2. The topological polar surface area (TPSA) is 61.8 Å². The number of carbonyl (C=O) groups excluding carboxylic acids is 1. The highest BCUT2D eigenvalue weighted by molar-refractivity contribution is 7.82. The van der Waals surface area contributed by atoms with Crippen molar-refractivity contribution < 1.29 is 9.00 Å². The number of amides is 1. The molecule has 24 heavy (non-hydrogen) atoms. The second-order valence-corrected chi connectivity index (χ2v) is 7.22. The summed E-state index contributed by atoms with van der Waals surface area (Å²) < 4.78 is 13.4. The van der Waals surface area contributed by atoms with Crippen molar-refractivity contribution in [3.8, 4) is 0 Å². The standard InChI is InChI=1S/C18H27N3O2S/c1-5-24(23)21(4)13-9-12-20-18(22)17(19-3)14-15(2)16-10-7-6-8-11-16/h6-8,10-11,14H,5,9,12-13H2,1-4H3,(H,20,22)/b15-14+,19-17?. The molecule has 1 unspecified atom stereocenters. The molecule has 0 aliphatic carbocycles. The molecular weight excluding hydrogens is 322 g/mol. The van der Waals surface area contributed by atoms with Gasteiger partial charge in [0.25, 0.3) is 5.91 Å². The van der Waals surface area contributed by atoms with Gasteiger partial charge in [-0.05, 0) is 37.6 Å². The smallest absolute Gasteiger partial charge is 0.269 e. The summed E-state index contributed by atoms with van der Waals surface area (Å²) in [5, 5.41) is 2.86. The maximum absolute atomic E-state index is 12.2. The first kappa shape index (κ1) is 20.3. The van der Waals surface area contributed by atoms with Gasteiger partial charge in [0.05, 0.1) is 11.0 Å². The summed E-state index contributed by atoms with van der Waals surface area (Å²) in [4.78, 5) is 16.3. The van der Waals surface area contributed by atoms with Crippen molar-refractivity contribution in [2.24, 2.45) is 4.99 Å². The predicted octanol–water partition coefficient (Wildman–Crippen LogP) is 2.28. The lowest BCUT2D eigenvalue weighted by Crippen LogP contribution is -2.33. The molecule has 0 heterocycles. The number of rotatable bonds is 9. The van der Waals surface area contributed by atoms with Gasteiger partial charge in [0.15, 0.2) is 0 Å². The van der Waals surface area contributed by atoms with Crippen LogP contribution >= 0.6 is 0 Å². The van der Waals surface area contributed by atoms with E-state index in [1.165, 1.54) is 0 Å². The summed E-state index contributed by atoms with van der Waals surface area (Å²) in [7, 11) is 2.50. The lowest BCUT2D eigenvalue weighted by molar-refractivity contribution is -0.114. The zero-order chi connectivity index (χ0) is 17.9. The van der Waals surface area contributed by atoms with Crippen LogP contribution in [0.5, 0.6) is 0 Å². The van der Waals surface area contributed by atoms with Crippen LogP contribution in [0.4, 0.5) is 0 Å². The van der Waals surface area contributed by atoms with Crippen molar-refractivity contribution in [2.75, 3.05) is 32.9 Å². The van der Waals surface area contributed by atoms with Gasteiger partial charge >= 0.3 is 0 Å². The fourth-order valence-electron chi connectivity index (χ4n) is 2.14. The third-order valence-electron chi connectivity index (χ3n) is 3.59. The van der Waals surface area contributed by atoms with Crippen molar-refractivity contribution in [2.45, 2.75) is 20.3 Å². The highest BCUT2D eigenvalue weighted by Crippen LogP contribution is 2.12. The molecule has 0 aromatic heterocycles. The molecule has 0 radical (unpaired) electrons. The van der Waals surface area contributed by atoms with Gasteiger partial charge in [-0.3, -0.25) is 9.79 Å². The molecular formula is C18H27N3O2S. The summed E-state index contributed by atoms with van der Waals surface area (Å²) in [5.41, 5.74) is 2.46. The van der Waals surface area contributed by atoms with Gasteiger partial charge in [-0.1, -0.05) is 37.3 Å². The van der Waals surface area contributed by atoms with Crippen molar-refractivity contribution in [1.29, 1.82) is 0 Å². The van der Waals surface area contributed by atoms with Gasteiger partial charge in [-0.15, -0.1) is 0 Å². The molecule has 0 bridgehead atoms. The van der Waals surface area contributed by atoms with E-state index in [1.54, 1.807) is 17.4 Å². The Labute approximate surface area is 147 Å². The molecule has 0 aliphatic heterocycles.